The molecule has 12 heavy (non-hydrogen) atoms. The number of rotatable bonds is 1. The van der Waals surface area contributed by atoms with Crippen LogP contribution in [-0.2, 0) is 0 Å². The summed E-state index contributed by atoms with van der Waals surface area (Å²) in [6, 6.07) is 0. The third-order valence-corrected chi connectivity index (χ3v) is 4.74. The van der Waals surface area contributed by atoms with Gasteiger partial charge in [0, 0.05) is 6.61 Å². The minimum absolute atomic E-state index is 0.451. The van der Waals surface area contributed by atoms with Gasteiger partial charge in [0.15, 0.2) is 0 Å². The molecule has 0 spiro atoms. The maximum Gasteiger partial charge on any atom is 0.0459 e. The molecular weight excluding hydrogens is 148 g/mol. The number of hydrogen-bond donors (Lipinski definition) is 1. The first-order valence-electron chi connectivity index (χ1n) is 5.49. The topological polar surface area (TPSA) is 20.2 Å². The molecule has 4 atom stereocenters. The fourth-order valence-corrected chi connectivity index (χ4v) is 4.28. The largest absolute Gasteiger partial charge is 0.396 e. The molecular formula is C11H18O. The van der Waals surface area contributed by atoms with Gasteiger partial charge in [-0.15, -0.1) is 0 Å². The maximum atomic E-state index is 9.11. The zero-order chi connectivity index (χ0) is 8.13. The van der Waals surface area contributed by atoms with Crippen molar-refractivity contribution >= 4 is 0 Å². The SMILES string of the molecule is OCC1C[C@H]2[C@H]3CC[C@@H](C3)[C@@H]2C1. The summed E-state index contributed by atoms with van der Waals surface area (Å²) in [6.45, 7) is 0.451. The van der Waals surface area contributed by atoms with Crippen LogP contribution in [0.3, 0.4) is 0 Å². The molecule has 0 heterocycles. The molecule has 0 radical (unpaired) electrons. The van der Waals surface area contributed by atoms with Crippen molar-refractivity contribution in [2.75, 3.05) is 6.61 Å². The third-order valence-electron chi connectivity index (χ3n) is 4.74. The van der Waals surface area contributed by atoms with Crippen LogP contribution >= 0.6 is 0 Å². The van der Waals surface area contributed by atoms with Gasteiger partial charge in [-0.3, -0.25) is 0 Å². The van der Waals surface area contributed by atoms with Crippen molar-refractivity contribution < 1.29 is 5.11 Å². The molecule has 68 valence electrons. The molecule has 0 unspecified atom stereocenters. The lowest BCUT2D eigenvalue weighted by Gasteiger charge is -2.23. The fourth-order valence-electron chi connectivity index (χ4n) is 4.28. The van der Waals surface area contributed by atoms with E-state index in [1.807, 2.05) is 0 Å². The summed E-state index contributed by atoms with van der Waals surface area (Å²) in [5.74, 6) is 4.86. The lowest BCUT2D eigenvalue weighted by Crippen LogP contribution is -2.15. The Morgan fingerprint density at radius 1 is 0.917 bits per heavy atom. The van der Waals surface area contributed by atoms with Gasteiger partial charge in [-0.2, -0.15) is 0 Å². The number of aliphatic hydroxyl groups excluding tert-OH is 1. The minimum atomic E-state index is 0.451. The van der Waals surface area contributed by atoms with Crippen LogP contribution in [0.2, 0.25) is 0 Å². The second-order valence-electron chi connectivity index (χ2n) is 5.18. The Balaban J connectivity index is 1.78. The Labute approximate surface area is 74.2 Å². The van der Waals surface area contributed by atoms with Crippen LogP contribution in [0.1, 0.15) is 32.1 Å². The van der Waals surface area contributed by atoms with Gasteiger partial charge in [0.25, 0.3) is 0 Å². The predicted octanol–water partition coefficient (Wildman–Crippen LogP) is 2.05. The summed E-state index contributed by atoms with van der Waals surface area (Å²) >= 11 is 0. The standard InChI is InChI=1S/C11H18O/c12-6-7-3-10-8-1-2-9(5-8)11(10)4-7/h7-12H,1-6H2/t8-,9-,10-,11-/m0/s1. The highest BCUT2D eigenvalue weighted by Gasteiger charge is 2.51. The minimum Gasteiger partial charge on any atom is -0.396 e. The zero-order valence-electron chi connectivity index (χ0n) is 7.58. The van der Waals surface area contributed by atoms with Crippen molar-refractivity contribution in [1.82, 2.24) is 0 Å². The normalized spacial score (nSPS) is 56.2. The van der Waals surface area contributed by atoms with E-state index < -0.39 is 0 Å². The molecule has 3 aliphatic carbocycles. The van der Waals surface area contributed by atoms with Crippen molar-refractivity contribution in [2.24, 2.45) is 29.6 Å². The Bertz CT molecular complexity index is 171. The zero-order valence-corrected chi connectivity index (χ0v) is 7.58. The quantitative estimate of drug-likeness (QED) is 0.632. The lowest BCUT2D eigenvalue weighted by atomic mass is 9.82. The number of aliphatic hydroxyl groups is 1. The Hall–Kier alpha value is -0.0400. The van der Waals surface area contributed by atoms with Crippen LogP contribution < -0.4 is 0 Å². The molecule has 3 aliphatic rings. The molecule has 0 aromatic carbocycles. The monoisotopic (exact) mass is 166 g/mol. The third kappa shape index (κ3) is 0.834. The highest BCUT2D eigenvalue weighted by Crippen LogP contribution is 2.59. The number of fused-ring (bicyclic) bond motifs is 5. The highest BCUT2D eigenvalue weighted by atomic mass is 16.3. The molecule has 1 nitrogen and oxygen atoms in total. The fraction of sp³-hybridized carbons (Fsp3) is 1.00. The molecule has 3 fully saturated rings. The first kappa shape index (κ1) is 7.37. The van der Waals surface area contributed by atoms with Gasteiger partial charge in [-0.05, 0) is 61.7 Å². The Morgan fingerprint density at radius 3 is 2.00 bits per heavy atom. The first-order valence-corrected chi connectivity index (χ1v) is 5.49. The number of hydrogen-bond acceptors (Lipinski definition) is 1. The molecule has 1 N–H and O–H groups in total. The van der Waals surface area contributed by atoms with Crippen LogP contribution in [0.15, 0.2) is 0 Å². The smallest absolute Gasteiger partial charge is 0.0459 e. The van der Waals surface area contributed by atoms with Crippen LogP contribution in [0.5, 0.6) is 0 Å². The van der Waals surface area contributed by atoms with Gasteiger partial charge in [-0.1, -0.05) is 0 Å². The first-order chi connectivity index (χ1) is 5.88. The summed E-state index contributed by atoms with van der Waals surface area (Å²) in [5, 5.41) is 9.11. The van der Waals surface area contributed by atoms with E-state index in [1.54, 1.807) is 0 Å². The van der Waals surface area contributed by atoms with Gasteiger partial charge in [0.1, 0.15) is 0 Å². The lowest BCUT2D eigenvalue weighted by molar-refractivity contribution is 0.218. The van der Waals surface area contributed by atoms with E-state index in [0.717, 1.165) is 23.7 Å². The van der Waals surface area contributed by atoms with Gasteiger partial charge >= 0.3 is 0 Å². The summed E-state index contributed by atoms with van der Waals surface area (Å²) in [5.41, 5.74) is 0. The molecule has 0 aromatic heterocycles. The summed E-state index contributed by atoms with van der Waals surface area (Å²) in [4.78, 5) is 0. The van der Waals surface area contributed by atoms with Crippen molar-refractivity contribution in [2.45, 2.75) is 32.1 Å². The molecule has 3 saturated carbocycles. The van der Waals surface area contributed by atoms with Crippen LogP contribution in [0, 0.1) is 29.6 Å². The molecule has 0 saturated heterocycles. The van der Waals surface area contributed by atoms with Gasteiger partial charge in [0.2, 0.25) is 0 Å². The predicted molar refractivity (Wildman–Crippen MR) is 47.6 cm³/mol. The van der Waals surface area contributed by atoms with Crippen LogP contribution in [0.4, 0.5) is 0 Å². The van der Waals surface area contributed by atoms with Crippen molar-refractivity contribution in [3.8, 4) is 0 Å². The van der Waals surface area contributed by atoms with Gasteiger partial charge < -0.3 is 5.11 Å². The summed E-state index contributed by atoms with van der Waals surface area (Å²) < 4.78 is 0. The average Bonchev–Trinajstić information content (AvgIpc) is 2.75. The summed E-state index contributed by atoms with van der Waals surface area (Å²) in [6.07, 6.45) is 7.24. The second-order valence-corrected chi connectivity index (χ2v) is 5.18. The molecule has 0 amide bonds. The molecule has 0 aliphatic heterocycles. The maximum absolute atomic E-state index is 9.11. The van der Waals surface area contributed by atoms with E-state index in [1.165, 1.54) is 32.1 Å². The Morgan fingerprint density at radius 2 is 1.50 bits per heavy atom. The van der Waals surface area contributed by atoms with Crippen molar-refractivity contribution in [1.29, 1.82) is 0 Å². The highest BCUT2D eigenvalue weighted by molar-refractivity contribution is 5.01. The summed E-state index contributed by atoms with van der Waals surface area (Å²) in [7, 11) is 0. The molecule has 3 rings (SSSR count). The van der Waals surface area contributed by atoms with Crippen LogP contribution in [-0.4, -0.2) is 11.7 Å². The van der Waals surface area contributed by atoms with E-state index in [0.29, 0.717) is 12.5 Å². The van der Waals surface area contributed by atoms with E-state index in [4.69, 9.17) is 5.11 Å². The van der Waals surface area contributed by atoms with Gasteiger partial charge in [-0.25, -0.2) is 0 Å². The van der Waals surface area contributed by atoms with Gasteiger partial charge in [0.05, 0.1) is 0 Å². The van der Waals surface area contributed by atoms with E-state index in [2.05, 4.69) is 0 Å². The molecule has 2 bridgehead atoms. The average molecular weight is 166 g/mol. The van der Waals surface area contributed by atoms with E-state index in [9.17, 15) is 0 Å². The van der Waals surface area contributed by atoms with E-state index >= 15 is 0 Å². The second kappa shape index (κ2) is 2.47. The van der Waals surface area contributed by atoms with Crippen molar-refractivity contribution in [3.05, 3.63) is 0 Å². The molecule has 1 heteroatoms. The van der Waals surface area contributed by atoms with E-state index in [-0.39, 0.29) is 0 Å². The Kier molecular flexibility index (Phi) is 1.52. The molecule has 0 aromatic rings. The van der Waals surface area contributed by atoms with Crippen molar-refractivity contribution in [3.63, 3.8) is 0 Å². The van der Waals surface area contributed by atoms with Crippen LogP contribution in [0.25, 0.3) is 0 Å².